The topological polar surface area (TPSA) is 73.6 Å². The fourth-order valence-electron chi connectivity index (χ4n) is 1.72. The Bertz CT molecular complexity index is 484. The number of aliphatic hydroxyl groups is 1. The van der Waals surface area contributed by atoms with Gasteiger partial charge in [-0.2, -0.15) is 4.98 Å². The largest absolute Gasteiger partial charge is 0.462 e. The molecule has 20 heavy (non-hydrogen) atoms. The van der Waals surface area contributed by atoms with Crippen LogP contribution >= 0.6 is 0 Å². The molecule has 0 aliphatic rings. The van der Waals surface area contributed by atoms with Crippen molar-refractivity contribution in [1.82, 2.24) is 9.55 Å². The summed E-state index contributed by atoms with van der Waals surface area (Å²) < 4.78 is 12.3. The molecule has 0 unspecified atom stereocenters. The van der Waals surface area contributed by atoms with Crippen LogP contribution in [0.2, 0.25) is 0 Å². The van der Waals surface area contributed by atoms with Crippen LogP contribution in [-0.2, 0) is 17.4 Å². The number of rotatable bonds is 5. The summed E-state index contributed by atoms with van der Waals surface area (Å²) in [4.78, 5) is 16.4. The monoisotopic (exact) mass is 284 g/mol. The summed E-state index contributed by atoms with van der Waals surface area (Å²) in [5.41, 5.74) is -0.801. The molecule has 0 fully saturated rings. The number of carbonyl (C=O) groups is 1. The first-order valence-electron chi connectivity index (χ1n) is 6.71. The summed E-state index contributed by atoms with van der Waals surface area (Å²) in [5, 5.41) is 10.2. The molecule has 0 saturated carbocycles. The van der Waals surface area contributed by atoms with Crippen LogP contribution in [0.25, 0.3) is 0 Å². The lowest BCUT2D eigenvalue weighted by atomic mass is 10.0. The van der Waals surface area contributed by atoms with Gasteiger partial charge in [-0.3, -0.25) is 4.57 Å². The van der Waals surface area contributed by atoms with Gasteiger partial charge in [-0.15, -0.1) is 0 Å². The molecule has 0 aliphatic carbocycles. The van der Waals surface area contributed by atoms with E-state index in [2.05, 4.69) is 4.98 Å². The molecule has 0 spiro atoms. The lowest BCUT2D eigenvalue weighted by Gasteiger charge is -2.17. The number of imidazole rings is 1. The van der Waals surface area contributed by atoms with Crippen molar-refractivity contribution in [3.8, 4) is 6.01 Å². The lowest BCUT2D eigenvalue weighted by molar-refractivity contribution is 0.0335. The normalized spacial score (nSPS) is 12.1. The van der Waals surface area contributed by atoms with Crippen molar-refractivity contribution in [2.75, 3.05) is 0 Å². The zero-order chi connectivity index (χ0) is 15.7. The third kappa shape index (κ3) is 3.72. The van der Waals surface area contributed by atoms with Crippen LogP contribution in [0.15, 0.2) is 0 Å². The molecule has 1 rings (SSSR count). The quantitative estimate of drug-likeness (QED) is 0.837. The van der Waals surface area contributed by atoms with E-state index in [1.165, 1.54) is 4.57 Å². The molecule has 1 aromatic heterocycles. The van der Waals surface area contributed by atoms with Gasteiger partial charge in [0.05, 0.1) is 12.2 Å². The molecule has 0 radical (unpaired) electrons. The van der Waals surface area contributed by atoms with Crippen molar-refractivity contribution in [2.45, 2.75) is 59.4 Å². The number of esters is 1. The van der Waals surface area contributed by atoms with E-state index >= 15 is 0 Å². The average molecular weight is 284 g/mol. The summed E-state index contributed by atoms with van der Waals surface area (Å²) in [6.07, 6.45) is -0.332. The third-order valence-electron chi connectivity index (χ3n) is 2.51. The van der Waals surface area contributed by atoms with Gasteiger partial charge in [0.1, 0.15) is 11.3 Å². The zero-order valence-corrected chi connectivity index (χ0v) is 13.2. The third-order valence-corrected chi connectivity index (χ3v) is 2.51. The van der Waals surface area contributed by atoms with E-state index in [-0.39, 0.29) is 29.6 Å². The van der Waals surface area contributed by atoms with E-state index in [4.69, 9.17) is 9.47 Å². The Labute approximate surface area is 119 Å². The standard InChI is InChI=1S/C14H24N2O4/c1-8(2)19-12(17)10-11(14(5,6)18)15-13(16(10)7)20-9(3)4/h8-9,18H,1-7H3. The Kier molecular flexibility index (Phi) is 4.81. The van der Waals surface area contributed by atoms with E-state index in [0.717, 1.165) is 0 Å². The second-order valence-electron chi connectivity index (χ2n) is 5.83. The van der Waals surface area contributed by atoms with Crippen molar-refractivity contribution < 1.29 is 19.4 Å². The molecule has 0 aliphatic heterocycles. The molecule has 1 aromatic rings. The Morgan fingerprint density at radius 2 is 1.80 bits per heavy atom. The number of aromatic nitrogens is 2. The zero-order valence-electron chi connectivity index (χ0n) is 13.2. The number of hydrogen-bond acceptors (Lipinski definition) is 5. The van der Waals surface area contributed by atoms with Crippen molar-refractivity contribution in [3.63, 3.8) is 0 Å². The molecule has 1 heterocycles. The van der Waals surface area contributed by atoms with Crippen molar-refractivity contribution in [3.05, 3.63) is 11.4 Å². The van der Waals surface area contributed by atoms with Gasteiger partial charge in [0.25, 0.3) is 6.01 Å². The van der Waals surface area contributed by atoms with E-state index in [1.807, 2.05) is 13.8 Å². The van der Waals surface area contributed by atoms with E-state index in [1.54, 1.807) is 34.7 Å². The van der Waals surface area contributed by atoms with Crippen LogP contribution in [0.1, 0.15) is 57.7 Å². The van der Waals surface area contributed by atoms with Crippen LogP contribution < -0.4 is 4.74 Å². The van der Waals surface area contributed by atoms with Gasteiger partial charge in [0.2, 0.25) is 0 Å². The molecule has 0 saturated heterocycles. The molecule has 0 aromatic carbocycles. The molecular formula is C14H24N2O4. The Balaban J connectivity index is 3.32. The second kappa shape index (κ2) is 5.83. The number of ether oxygens (including phenoxy) is 2. The predicted octanol–water partition coefficient (Wildman–Crippen LogP) is 2.00. The highest BCUT2D eigenvalue weighted by Gasteiger charge is 2.32. The lowest BCUT2D eigenvalue weighted by Crippen LogP contribution is -2.23. The van der Waals surface area contributed by atoms with Crippen LogP contribution in [0.3, 0.4) is 0 Å². The summed E-state index contributed by atoms with van der Waals surface area (Å²) in [5.74, 6) is -0.522. The Hall–Kier alpha value is -1.56. The first-order chi connectivity index (χ1) is 9.04. The van der Waals surface area contributed by atoms with Crippen LogP contribution in [0, 0.1) is 0 Å². The van der Waals surface area contributed by atoms with Gasteiger partial charge in [-0.1, -0.05) is 0 Å². The molecule has 6 heteroatoms. The SMILES string of the molecule is CC(C)OC(=O)c1c(C(C)(C)O)nc(OC(C)C)n1C. The van der Waals surface area contributed by atoms with Crippen LogP contribution in [-0.4, -0.2) is 32.8 Å². The molecule has 0 atom stereocenters. The first-order valence-corrected chi connectivity index (χ1v) is 6.71. The predicted molar refractivity (Wildman–Crippen MR) is 74.8 cm³/mol. The minimum Gasteiger partial charge on any atom is -0.462 e. The van der Waals surface area contributed by atoms with Gasteiger partial charge in [-0.05, 0) is 41.5 Å². The summed E-state index contributed by atoms with van der Waals surface area (Å²) in [7, 11) is 1.66. The molecule has 0 bridgehead atoms. The summed E-state index contributed by atoms with van der Waals surface area (Å²) in [6, 6.07) is 0.285. The minimum atomic E-state index is -1.26. The van der Waals surface area contributed by atoms with E-state index in [0.29, 0.717) is 0 Å². The highest BCUT2D eigenvalue weighted by Crippen LogP contribution is 2.28. The van der Waals surface area contributed by atoms with Crippen LogP contribution in [0.5, 0.6) is 6.01 Å². The van der Waals surface area contributed by atoms with Gasteiger partial charge < -0.3 is 14.6 Å². The second-order valence-corrected chi connectivity index (χ2v) is 5.83. The highest BCUT2D eigenvalue weighted by molar-refractivity contribution is 5.89. The summed E-state index contributed by atoms with van der Waals surface area (Å²) >= 11 is 0. The number of hydrogen-bond donors (Lipinski definition) is 1. The van der Waals surface area contributed by atoms with Crippen molar-refractivity contribution >= 4 is 5.97 Å². The van der Waals surface area contributed by atoms with E-state index < -0.39 is 11.6 Å². The maximum atomic E-state index is 12.2. The maximum absolute atomic E-state index is 12.2. The summed E-state index contributed by atoms with van der Waals surface area (Å²) in [6.45, 7) is 10.4. The van der Waals surface area contributed by atoms with Crippen LogP contribution in [0.4, 0.5) is 0 Å². The van der Waals surface area contributed by atoms with Gasteiger partial charge in [0, 0.05) is 7.05 Å². The highest BCUT2D eigenvalue weighted by atomic mass is 16.5. The van der Waals surface area contributed by atoms with Gasteiger partial charge in [0.15, 0.2) is 5.69 Å². The van der Waals surface area contributed by atoms with Gasteiger partial charge in [-0.25, -0.2) is 4.79 Å². The van der Waals surface area contributed by atoms with Gasteiger partial charge >= 0.3 is 5.97 Å². The maximum Gasteiger partial charge on any atom is 0.357 e. The van der Waals surface area contributed by atoms with E-state index in [9.17, 15) is 9.90 Å². The number of nitrogens with zero attached hydrogens (tertiary/aromatic N) is 2. The van der Waals surface area contributed by atoms with Crippen molar-refractivity contribution in [1.29, 1.82) is 0 Å². The fraction of sp³-hybridized carbons (Fsp3) is 0.714. The molecule has 1 N–H and O–H groups in total. The Morgan fingerprint density at radius 1 is 1.25 bits per heavy atom. The molecule has 114 valence electrons. The Morgan fingerprint density at radius 3 is 2.20 bits per heavy atom. The molecule has 0 amide bonds. The minimum absolute atomic E-state index is 0.0836. The average Bonchev–Trinajstić information content (AvgIpc) is 2.54. The smallest absolute Gasteiger partial charge is 0.357 e. The molecular weight excluding hydrogens is 260 g/mol. The van der Waals surface area contributed by atoms with Crippen molar-refractivity contribution in [2.24, 2.45) is 7.05 Å². The molecule has 6 nitrogen and oxygen atoms in total. The number of carbonyl (C=O) groups excluding carboxylic acids is 1. The fourth-order valence-corrected chi connectivity index (χ4v) is 1.72. The first kappa shape index (κ1) is 16.5.